The molecule has 0 saturated carbocycles. The normalized spacial score (nSPS) is 13.8. The first-order valence-corrected chi connectivity index (χ1v) is 7.96. The van der Waals surface area contributed by atoms with Gasteiger partial charge in [-0.25, -0.2) is 9.07 Å². The van der Waals surface area contributed by atoms with Crippen molar-refractivity contribution in [3.05, 3.63) is 41.0 Å². The van der Waals surface area contributed by atoms with E-state index in [0.29, 0.717) is 25.0 Å². The van der Waals surface area contributed by atoms with Crippen LogP contribution in [0.3, 0.4) is 0 Å². The smallest absolute Gasteiger partial charge is 0.325 e. The molecular formula is C17H14F4N4O. The van der Waals surface area contributed by atoms with Gasteiger partial charge >= 0.3 is 6.18 Å². The van der Waals surface area contributed by atoms with Crippen molar-refractivity contribution in [2.45, 2.75) is 38.3 Å². The van der Waals surface area contributed by atoms with Gasteiger partial charge in [0.15, 0.2) is 11.5 Å². The van der Waals surface area contributed by atoms with Crippen molar-refractivity contribution in [3.63, 3.8) is 0 Å². The van der Waals surface area contributed by atoms with Gasteiger partial charge in [0.2, 0.25) is 5.91 Å². The summed E-state index contributed by atoms with van der Waals surface area (Å²) in [5.74, 6) is -1.42. The number of carbonyl (C=O) groups is 1. The summed E-state index contributed by atoms with van der Waals surface area (Å²) in [6.07, 6.45) is -3.00. The fourth-order valence-corrected chi connectivity index (χ4v) is 3.06. The Morgan fingerprint density at radius 2 is 2.04 bits per heavy atom. The topological polar surface area (TPSA) is 70.7 Å². The molecule has 0 fully saturated rings. The van der Waals surface area contributed by atoms with Crippen molar-refractivity contribution in [2.24, 2.45) is 0 Å². The molecule has 3 rings (SSSR count). The third-order valence-electron chi connectivity index (χ3n) is 4.15. The van der Waals surface area contributed by atoms with E-state index in [4.69, 9.17) is 5.26 Å². The number of alkyl halides is 3. The minimum atomic E-state index is -4.60. The third-order valence-corrected chi connectivity index (χ3v) is 4.15. The highest BCUT2D eigenvalue weighted by atomic mass is 19.4. The van der Waals surface area contributed by atoms with E-state index in [9.17, 15) is 22.4 Å². The standard InChI is InChI=1S/C17H14F4N4O/c18-12-9-10(23-15(26)7-8-22)5-6-14(12)25-13-4-2-1-3-11(13)16(24-25)17(19,20)21/h5-6,9H,1-4,7H2,(H,23,26). The van der Waals surface area contributed by atoms with Gasteiger partial charge in [0.05, 0.1) is 6.07 Å². The van der Waals surface area contributed by atoms with Crippen LogP contribution in [0.4, 0.5) is 23.2 Å². The lowest BCUT2D eigenvalue weighted by molar-refractivity contribution is -0.142. The molecule has 136 valence electrons. The fraction of sp³-hybridized carbons (Fsp3) is 0.353. The average molecular weight is 366 g/mol. The zero-order valence-electron chi connectivity index (χ0n) is 13.5. The van der Waals surface area contributed by atoms with E-state index in [0.717, 1.165) is 10.7 Å². The van der Waals surface area contributed by atoms with E-state index in [-0.39, 0.29) is 29.8 Å². The largest absolute Gasteiger partial charge is 0.435 e. The predicted octanol–water partition coefficient (Wildman–Crippen LogP) is 3.76. The molecule has 9 heteroatoms. The SMILES string of the molecule is N#CCC(=O)Nc1ccc(-n2nc(C(F)(F)F)c3c2CCCC3)c(F)c1. The van der Waals surface area contributed by atoms with Gasteiger partial charge in [-0.1, -0.05) is 0 Å². The number of amides is 1. The van der Waals surface area contributed by atoms with E-state index in [1.807, 2.05) is 0 Å². The van der Waals surface area contributed by atoms with Gasteiger partial charge in [-0.2, -0.15) is 23.5 Å². The summed E-state index contributed by atoms with van der Waals surface area (Å²) in [6.45, 7) is 0. The van der Waals surface area contributed by atoms with Crippen LogP contribution in [0.15, 0.2) is 18.2 Å². The second-order valence-corrected chi connectivity index (χ2v) is 5.94. The molecule has 26 heavy (non-hydrogen) atoms. The lowest BCUT2D eigenvalue weighted by atomic mass is 9.95. The molecule has 1 amide bonds. The Balaban J connectivity index is 2.01. The monoisotopic (exact) mass is 366 g/mol. The lowest BCUT2D eigenvalue weighted by Gasteiger charge is -2.15. The molecule has 0 aliphatic heterocycles. The summed E-state index contributed by atoms with van der Waals surface area (Å²) in [4.78, 5) is 11.4. The predicted molar refractivity (Wildman–Crippen MR) is 84.0 cm³/mol. The number of anilines is 1. The number of hydrogen-bond donors (Lipinski definition) is 1. The van der Waals surface area contributed by atoms with Crippen LogP contribution in [0.1, 0.15) is 36.2 Å². The van der Waals surface area contributed by atoms with Gasteiger partial charge in [-0.15, -0.1) is 0 Å². The number of halogens is 4. The van der Waals surface area contributed by atoms with Crippen LogP contribution >= 0.6 is 0 Å². The lowest BCUT2D eigenvalue weighted by Crippen LogP contribution is -2.12. The molecule has 1 aromatic carbocycles. The van der Waals surface area contributed by atoms with Crippen molar-refractivity contribution >= 4 is 11.6 Å². The number of fused-ring (bicyclic) bond motifs is 1. The molecule has 0 saturated heterocycles. The molecule has 2 aromatic rings. The Labute approximate surface area is 146 Å². The second kappa shape index (κ2) is 6.78. The number of rotatable bonds is 3. The van der Waals surface area contributed by atoms with Crippen molar-refractivity contribution in [3.8, 4) is 11.8 Å². The van der Waals surface area contributed by atoms with Gasteiger partial charge in [0.25, 0.3) is 0 Å². The molecule has 0 unspecified atom stereocenters. The van der Waals surface area contributed by atoms with Crippen molar-refractivity contribution < 1.29 is 22.4 Å². The highest BCUT2D eigenvalue weighted by Crippen LogP contribution is 2.37. The van der Waals surface area contributed by atoms with E-state index in [1.54, 1.807) is 6.07 Å². The molecule has 1 N–H and O–H groups in total. The summed E-state index contributed by atoms with van der Waals surface area (Å²) in [7, 11) is 0. The first-order chi connectivity index (χ1) is 12.3. The Morgan fingerprint density at radius 1 is 1.31 bits per heavy atom. The average Bonchev–Trinajstić information content (AvgIpc) is 2.95. The number of benzene rings is 1. The number of carbonyl (C=O) groups excluding carboxylic acids is 1. The minimum absolute atomic E-state index is 0.114. The number of aromatic nitrogens is 2. The summed E-state index contributed by atoms with van der Waals surface area (Å²) in [5, 5.41) is 14.4. The van der Waals surface area contributed by atoms with Gasteiger partial charge in [0, 0.05) is 16.9 Å². The molecule has 0 radical (unpaired) electrons. The maximum atomic E-state index is 14.5. The first-order valence-electron chi connectivity index (χ1n) is 7.96. The molecule has 1 aliphatic rings. The first kappa shape index (κ1) is 17.9. The number of nitriles is 1. The van der Waals surface area contributed by atoms with Gasteiger partial charge in [-0.05, 0) is 43.9 Å². The molecule has 0 spiro atoms. The summed E-state index contributed by atoms with van der Waals surface area (Å²) in [6, 6.07) is 5.28. The van der Waals surface area contributed by atoms with E-state index in [1.165, 1.54) is 12.1 Å². The molecule has 1 aromatic heterocycles. The zero-order valence-corrected chi connectivity index (χ0v) is 13.5. The van der Waals surface area contributed by atoms with Gasteiger partial charge < -0.3 is 5.32 Å². The van der Waals surface area contributed by atoms with E-state index >= 15 is 0 Å². The molecule has 5 nitrogen and oxygen atoms in total. The second-order valence-electron chi connectivity index (χ2n) is 5.94. The van der Waals surface area contributed by atoms with Gasteiger partial charge in [-0.3, -0.25) is 4.79 Å². The Kier molecular flexibility index (Phi) is 4.68. The Morgan fingerprint density at radius 3 is 2.69 bits per heavy atom. The Hall–Kier alpha value is -2.89. The van der Waals surface area contributed by atoms with Crippen LogP contribution in [0, 0.1) is 17.1 Å². The number of nitrogens with one attached hydrogen (secondary N) is 1. The van der Waals surface area contributed by atoms with Crippen LogP contribution in [0.25, 0.3) is 5.69 Å². The summed E-state index contributed by atoms with van der Waals surface area (Å²) in [5.41, 5.74) is -0.489. The molecule has 0 atom stereocenters. The summed E-state index contributed by atoms with van der Waals surface area (Å²) >= 11 is 0. The third kappa shape index (κ3) is 3.40. The van der Waals surface area contributed by atoms with Crippen LogP contribution < -0.4 is 5.32 Å². The van der Waals surface area contributed by atoms with Crippen LogP contribution in [0.5, 0.6) is 0 Å². The highest BCUT2D eigenvalue weighted by Gasteiger charge is 2.39. The van der Waals surface area contributed by atoms with Crippen LogP contribution in [-0.2, 0) is 23.8 Å². The zero-order chi connectivity index (χ0) is 18.9. The van der Waals surface area contributed by atoms with E-state index < -0.39 is 23.6 Å². The highest BCUT2D eigenvalue weighted by molar-refractivity contribution is 5.92. The minimum Gasteiger partial charge on any atom is -0.325 e. The maximum absolute atomic E-state index is 14.5. The molecular weight excluding hydrogens is 352 g/mol. The number of hydrogen-bond acceptors (Lipinski definition) is 3. The quantitative estimate of drug-likeness (QED) is 0.841. The summed E-state index contributed by atoms with van der Waals surface area (Å²) < 4.78 is 55.2. The molecule has 1 aliphatic carbocycles. The molecule has 0 bridgehead atoms. The van der Waals surface area contributed by atoms with Crippen LogP contribution in [-0.4, -0.2) is 15.7 Å². The maximum Gasteiger partial charge on any atom is 0.435 e. The van der Waals surface area contributed by atoms with Crippen molar-refractivity contribution in [1.29, 1.82) is 5.26 Å². The van der Waals surface area contributed by atoms with Crippen molar-refractivity contribution in [2.75, 3.05) is 5.32 Å². The van der Waals surface area contributed by atoms with Gasteiger partial charge in [0.1, 0.15) is 12.1 Å². The Bertz CT molecular complexity index is 895. The van der Waals surface area contributed by atoms with E-state index in [2.05, 4.69) is 10.4 Å². The fourth-order valence-electron chi connectivity index (χ4n) is 3.06. The molecule has 1 heterocycles. The number of nitrogens with zero attached hydrogens (tertiary/aromatic N) is 3. The van der Waals surface area contributed by atoms with Crippen LogP contribution in [0.2, 0.25) is 0 Å². The van der Waals surface area contributed by atoms with Crippen molar-refractivity contribution in [1.82, 2.24) is 9.78 Å².